The molecular formula is C11H24N2O2S. The quantitative estimate of drug-likeness (QED) is 0.601. The molecule has 0 radical (unpaired) electrons. The van der Waals surface area contributed by atoms with Gasteiger partial charge in [0.2, 0.25) is 10.0 Å². The van der Waals surface area contributed by atoms with E-state index in [0.717, 1.165) is 25.9 Å². The molecule has 1 saturated carbocycles. The molecule has 96 valence electrons. The highest BCUT2D eigenvalue weighted by Crippen LogP contribution is 2.32. The van der Waals surface area contributed by atoms with Gasteiger partial charge in [0.1, 0.15) is 0 Å². The number of sulfonamides is 1. The molecule has 0 aromatic rings. The molecule has 1 atom stereocenters. The smallest absolute Gasteiger partial charge is 0.211 e. The normalized spacial score (nSPS) is 18.6. The first-order chi connectivity index (χ1) is 7.55. The van der Waals surface area contributed by atoms with Crippen LogP contribution in [0.5, 0.6) is 0 Å². The lowest BCUT2D eigenvalue weighted by Gasteiger charge is -2.13. The van der Waals surface area contributed by atoms with E-state index in [1.165, 1.54) is 12.8 Å². The molecule has 0 spiro atoms. The maximum absolute atomic E-state index is 11.7. The van der Waals surface area contributed by atoms with E-state index in [0.29, 0.717) is 5.92 Å². The standard InChI is InChI=1S/C11H24N2O2S/c1-3-12-8-4-5-9-16(14,15)13-10(2)11-6-7-11/h10-13H,3-9H2,1-2H3. The van der Waals surface area contributed by atoms with Crippen molar-refractivity contribution in [2.75, 3.05) is 18.8 Å². The van der Waals surface area contributed by atoms with Gasteiger partial charge in [-0.1, -0.05) is 6.92 Å². The van der Waals surface area contributed by atoms with Gasteiger partial charge < -0.3 is 5.32 Å². The molecule has 1 rings (SSSR count). The van der Waals surface area contributed by atoms with Crippen LogP contribution in [-0.4, -0.2) is 33.3 Å². The summed E-state index contributed by atoms with van der Waals surface area (Å²) in [5, 5.41) is 3.19. The minimum Gasteiger partial charge on any atom is -0.317 e. The number of unbranched alkanes of at least 4 members (excludes halogenated alkanes) is 1. The fourth-order valence-electron chi connectivity index (χ4n) is 1.75. The van der Waals surface area contributed by atoms with Crippen molar-refractivity contribution in [3.05, 3.63) is 0 Å². The lowest BCUT2D eigenvalue weighted by molar-refractivity contribution is 0.534. The van der Waals surface area contributed by atoms with E-state index >= 15 is 0 Å². The Morgan fingerprint density at radius 1 is 1.31 bits per heavy atom. The van der Waals surface area contributed by atoms with E-state index in [2.05, 4.69) is 17.0 Å². The maximum atomic E-state index is 11.7. The molecule has 5 heteroatoms. The highest BCUT2D eigenvalue weighted by molar-refractivity contribution is 7.89. The fraction of sp³-hybridized carbons (Fsp3) is 1.00. The van der Waals surface area contributed by atoms with Crippen molar-refractivity contribution in [2.45, 2.75) is 45.6 Å². The summed E-state index contributed by atoms with van der Waals surface area (Å²) in [7, 11) is -3.05. The van der Waals surface area contributed by atoms with Crippen LogP contribution in [0.1, 0.15) is 39.5 Å². The molecule has 0 heterocycles. The number of rotatable bonds is 9. The first-order valence-electron chi connectivity index (χ1n) is 6.26. The Morgan fingerprint density at radius 2 is 2.00 bits per heavy atom. The van der Waals surface area contributed by atoms with Crippen LogP contribution >= 0.6 is 0 Å². The van der Waals surface area contributed by atoms with E-state index < -0.39 is 10.0 Å². The summed E-state index contributed by atoms with van der Waals surface area (Å²) in [6, 6.07) is 0.124. The SMILES string of the molecule is CCNCCCCS(=O)(=O)NC(C)C1CC1. The summed E-state index contributed by atoms with van der Waals surface area (Å²) in [5.74, 6) is 0.840. The Balaban J connectivity index is 2.12. The monoisotopic (exact) mass is 248 g/mol. The van der Waals surface area contributed by atoms with Crippen LogP contribution in [0.3, 0.4) is 0 Å². The van der Waals surface area contributed by atoms with E-state index in [-0.39, 0.29) is 11.8 Å². The minimum atomic E-state index is -3.05. The summed E-state index contributed by atoms with van der Waals surface area (Å²) < 4.78 is 26.1. The van der Waals surface area contributed by atoms with E-state index in [4.69, 9.17) is 0 Å². The largest absolute Gasteiger partial charge is 0.317 e. The van der Waals surface area contributed by atoms with E-state index in [1.807, 2.05) is 6.92 Å². The van der Waals surface area contributed by atoms with Gasteiger partial charge in [-0.2, -0.15) is 0 Å². The first-order valence-corrected chi connectivity index (χ1v) is 7.91. The maximum Gasteiger partial charge on any atom is 0.211 e. The van der Waals surface area contributed by atoms with Crippen molar-refractivity contribution in [3.8, 4) is 0 Å². The summed E-state index contributed by atoms with van der Waals surface area (Å²) in [5.41, 5.74) is 0. The second kappa shape index (κ2) is 6.57. The summed E-state index contributed by atoms with van der Waals surface area (Å²) in [6.45, 7) is 5.87. The first kappa shape index (κ1) is 13.9. The lowest BCUT2D eigenvalue weighted by atomic mass is 10.2. The number of hydrogen-bond acceptors (Lipinski definition) is 3. The van der Waals surface area contributed by atoms with Crippen LogP contribution in [0, 0.1) is 5.92 Å². The Bertz CT molecular complexity index is 286. The van der Waals surface area contributed by atoms with Gasteiger partial charge in [0.25, 0.3) is 0 Å². The molecule has 2 N–H and O–H groups in total. The third kappa shape index (κ3) is 5.82. The molecule has 16 heavy (non-hydrogen) atoms. The predicted octanol–water partition coefficient (Wildman–Crippen LogP) is 1.09. The van der Waals surface area contributed by atoms with Gasteiger partial charge in [0.05, 0.1) is 5.75 Å². The van der Waals surface area contributed by atoms with Gasteiger partial charge in [-0.3, -0.25) is 0 Å². The van der Waals surface area contributed by atoms with E-state index in [1.54, 1.807) is 0 Å². The second-order valence-electron chi connectivity index (χ2n) is 4.62. The van der Waals surface area contributed by atoms with Crippen molar-refractivity contribution >= 4 is 10.0 Å². The van der Waals surface area contributed by atoms with Gasteiger partial charge in [0.15, 0.2) is 0 Å². The minimum absolute atomic E-state index is 0.124. The predicted molar refractivity (Wildman–Crippen MR) is 66.9 cm³/mol. The molecule has 4 nitrogen and oxygen atoms in total. The van der Waals surface area contributed by atoms with Crippen molar-refractivity contribution in [1.82, 2.24) is 10.0 Å². The molecule has 0 saturated heterocycles. The molecule has 0 aliphatic heterocycles. The summed E-state index contributed by atoms with van der Waals surface area (Å²) in [4.78, 5) is 0. The van der Waals surface area contributed by atoms with Crippen LogP contribution in [0.4, 0.5) is 0 Å². The van der Waals surface area contributed by atoms with Crippen molar-refractivity contribution in [1.29, 1.82) is 0 Å². The van der Waals surface area contributed by atoms with Gasteiger partial charge in [0, 0.05) is 6.04 Å². The highest BCUT2D eigenvalue weighted by Gasteiger charge is 2.30. The average molecular weight is 248 g/mol. The topological polar surface area (TPSA) is 58.2 Å². The zero-order valence-electron chi connectivity index (χ0n) is 10.3. The van der Waals surface area contributed by atoms with Crippen LogP contribution < -0.4 is 10.0 Å². The number of hydrogen-bond donors (Lipinski definition) is 2. The van der Waals surface area contributed by atoms with Crippen LogP contribution in [0.2, 0.25) is 0 Å². The Hall–Kier alpha value is -0.130. The summed E-state index contributed by atoms with van der Waals surface area (Å²) >= 11 is 0. The Labute approximate surface area is 99.2 Å². The third-order valence-electron chi connectivity index (χ3n) is 2.96. The third-order valence-corrected chi connectivity index (χ3v) is 4.52. The molecule has 0 aromatic carbocycles. The molecule has 1 aliphatic carbocycles. The zero-order chi connectivity index (χ0) is 12.0. The van der Waals surface area contributed by atoms with Crippen LogP contribution in [0.25, 0.3) is 0 Å². The van der Waals surface area contributed by atoms with E-state index in [9.17, 15) is 8.42 Å². The van der Waals surface area contributed by atoms with Crippen LogP contribution in [0.15, 0.2) is 0 Å². The molecule has 0 aromatic heterocycles. The molecule has 1 fully saturated rings. The van der Waals surface area contributed by atoms with Gasteiger partial charge in [-0.15, -0.1) is 0 Å². The molecule has 0 amide bonds. The molecular weight excluding hydrogens is 224 g/mol. The summed E-state index contributed by atoms with van der Waals surface area (Å²) in [6.07, 6.45) is 4.00. The van der Waals surface area contributed by atoms with Gasteiger partial charge in [-0.05, 0) is 51.6 Å². The van der Waals surface area contributed by atoms with Gasteiger partial charge >= 0.3 is 0 Å². The Kier molecular flexibility index (Phi) is 5.72. The highest BCUT2D eigenvalue weighted by atomic mass is 32.2. The second-order valence-corrected chi connectivity index (χ2v) is 6.50. The van der Waals surface area contributed by atoms with Crippen LogP contribution in [-0.2, 0) is 10.0 Å². The Morgan fingerprint density at radius 3 is 2.56 bits per heavy atom. The van der Waals surface area contributed by atoms with Crippen molar-refractivity contribution in [3.63, 3.8) is 0 Å². The number of nitrogens with one attached hydrogen (secondary N) is 2. The average Bonchev–Trinajstić information content (AvgIpc) is 2.99. The van der Waals surface area contributed by atoms with Gasteiger partial charge in [-0.25, -0.2) is 13.1 Å². The van der Waals surface area contributed by atoms with Crippen molar-refractivity contribution < 1.29 is 8.42 Å². The molecule has 1 aliphatic rings. The van der Waals surface area contributed by atoms with Crippen molar-refractivity contribution in [2.24, 2.45) is 5.92 Å². The lowest BCUT2D eigenvalue weighted by Crippen LogP contribution is -2.35. The molecule has 1 unspecified atom stereocenters. The molecule has 0 bridgehead atoms. The fourth-order valence-corrected chi connectivity index (χ4v) is 3.21. The zero-order valence-corrected chi connectivity index (χ0v) is 11.1.